The fourth-order valence-electron chi connectivity index (χ4n) is 3.54. The van der Waals surface area contributed by atoms with Crippen LogP contribution in [-0.4, -0.2) is 39.0 Å². The molecule has 1 aliphatic heterocycles. The molecular formula is C22H23FN6O. The van der Waals surface area contributed by atoms with Crippen LogP contribution in [0.15, 0.2) is 42.6 Å². The Morgan fingerprint density at radius 3 is 2.73 bits per heavy atom. The number of hydrogen-bond donors (Lipinski definition) is 2. The number of likely N-dealkylation sites (tertiary alicyclic amines) is 1. The molecule has 1 aromatic carbocycles. The standard InChI is InChI=1S/C22H23FN6O/c1-13-9-16(23)3-4-17(13)19-6-5-18(24)21(27-19)28-22(30)29-11-15(12-29)10-20-25-8-7-14(2)26-20/h3-9,15H,10-12,24H2,1-2H3,(H,27,28,30). The minimum Gasteiger partial charge on any atom is -0.396 e. The molecule has 4 rings (SSSR count). The summed E-state index contributed by atoms with van der Waals surface area (Å²) < 4.78 is 13.4. The van der Waals surface area contributed by atoms with E-state index in [0.717, 1.165) is 29.1 Å². The third kappa shape index (κ3) is 4.22. The number of nitrogen functional groups attached to an aromatic ring is 1. The number of aryl methyl sites for hydroxylation is 2. The van der Waals surface area contributed by atoms with E-state index in [-0.39, 0.29) is 11.8 Å². The van der Waals surface area contributed by atoms with E-state index in [0.29, 0.717) is 36.2 Å². The molecule has 3 heterocycles. The second-order valence-corrected chi connectivity index (χ2v) is 7.61. The number of hydrogen-bond acceptors (Lipinski definition) is 5. The van der Waals surface area contributed by atoms with Crippen LogP contribution in [0.5, 0.6) is 0 Å². The summed E-state index contributed by atoms with van der Waals surface area (Å²) in [5, 5.41) is 2.79. The summed E-state index contributed by atoms with van der Waals surface area (Å²) >= 11 is 0. The van der Waals surface area contributed by atoms with Crippen LogP contribution < -0.4 is 11.1 Å². The number of halogens is 1. The zero-order valence-electron chi connectivity index (χ0n) is 16.9. The van der Waals surface area contributed by atoms with Gasteiger partial charge >= 0.3 is 6.03 Å². The lowest BCUT2D eigenvalue weighted by Gasteiger charge is -2.38. The second kappa shape index (κ2) is 8.06. The van der Waals surface area contributed by atoms with Crippen LogP contribution in [0.25, 0.3) is 11.3 Å². The largest absolute Gasteiger partial charge is 0.396 e. The molecule has 30 heavy (non-hydrogen) atoms. The summed E-state index contributed by atoms with van der Waals surface area (Å²) in [7, 11) is 0. The first-order valence-electron chi connectivity index (χ1n) is 9.76. The third-order valence-electron chi connectivity index (χ3n) is 5.18. The maximum atomic E-state index is 13.4. The van der Waals surface area contributed by atoms with Gasteiger partial charge < -0.3 is 10.6 Å². The highest BCUT2D eigenvalue weighted by molar-refractivity contribution is 5.92. The number of carbonyl (C=O) groups is 1. The monoisotopic (exact) mass is 406 g/mol. The molecule has 154 valence electrons. The summed E-state index contributed by atoms with van der Waals surface area (Å²) in [6.45, 7) is 5.00. The molecular weight excluding hydrogens is 383 g/mol. The smallest absolute Gasteiger partial charge is 0.323 e. The minimum atomic E-state index is -0.302. The Morgan fingerprint density at radius 2 is 2.00 bits per heavy atom. The van der Waals surface area contributed by atoms with Crippen molar-refractivity contribution in [3.05, 3.63) is 65.5 Å². The number of pyridine rings is 1. The highest BCUT2D eigenvalue weighted by Crippen LogP contribution is 2.27. The first kappa shape index (κ1) is 19.8. The Kier molecular flexibility index (Phi) is 5.31. The number of benzene rings is 1. The first-order chi connectivity index (χ1) is 14.4. The molecule has 2 amide bonds. The molecule has 3 aromatic rings. The molecule has 7 nitrogen and oxygen atoms in total. The van der Waals surface area contributed by atoms with E-state index in [4.69, 9.17) is 5.73 Å². The molecule has 8 heteroatoms. The van der Waals surface area contributed by atoms with Crippen LogP contribution >= 0.6 is 0 Å². The van der Waals surface area contributed by atoms with Crippen molar-refractivity contribution >= 4 is 17.5 Å². The van der Waals surface area contributed by atoms with E-state index in [1.54, 1.807) is 29.3 Å². The number of nitrogens with one attached hydrogen (secondary N) is 1. The van der Waals surface area contributed by atoms with Gasteiger partial charge in [0.05, 0.1) is 11.4 Å². The summed E-state index contributed by atoms with van der Waals surface area (Å²) in [6.07, 6.45) is 2.50. The van der Waals surface area contributed by atoms with E-state index in [1.165, 1.54) is 12.1 Å². The lowest BCUT2D eigenvalue weighted by atomic mass is 9.96. The van der Waals surface area contributed by atoms with Crippen LogP contribution in [0, 0.1) is 25.6 Å². The van der Waals surface area contributed by atoms with E-state index < -0.39 is 0 Å². The number of aromatic nitrogens is 3. The molecule has 0 saturated carbocycles. The number of urea groups is 1. The summed E-state index contributed by atoms with van der Waals surface area (Å²) in [4.78, 5) is 27.5. The zero-order valence-corrected chi connectivity index (χ0v) is 16.9. The van der Waals surface area contributed by atoms with Gasteiger partial charge in [-0.2, -0.15) is 0 Å². The van der Waals surface area contributed by atoms with Gasteiger partial charge in [0.2, 0.25) is 0 Å². The van der Waals surface area contributed by atoms with Crippen LogP contribution in [-0.2, 0) is 6.42 Å². The first-order valence-corrected chi connectivity index (χ1v) is 9.76. The van der Waals surface area contributed by atoms with Crippen molar-refractivity contribution in [1.29, 1.82) is 0 Å². The lowest BCUT2D eigenvalue weighted by Crippen LogP contribution is -2.52. The van der Waals surface area contributed by atoms with Gasteiger partial charge in [0.15, 0.2) is 5.82 Å². The quantitative estimate of drug-likeness (QED) is 0.690. The SMILES string of the molecule is Cc1ccnc(CC2CN(C(=O)Nc3nc(-c4ccc(F)cc4C)ccc3N)C2)n1. The molecule has 1 fully saturated rings. The third-order valence-corrected chi connectivity index (χ3v) is 5.18. The van der Waals surface area contributed by atoms with Gasteiger partial charge in [-0.25, -0.2) is 24.1 Å². The van der Waals surface area contributed by atoms with Crippen LogP contribution in [0.4, 0.5) is 20.7 Å². The maximum Gasteiger partial charge on any atom is 0.323 e. The fraction of sp³-hybridized carbons (Fsp3) is 0.273. The van der Waals surface area contributed by atoms with Crippen molar-refractivity contribution in [2.45, 2.75) is 20.3 Å². The van der Waals surface area contributed by atoms with Crippen molar-refractivity contribution in [2.75, 3.05) is 24.1 Å². The highest BCUT2D eigenvalue weighted by Gasteiger charge is 2.31. The number of rotatable bonds is 4. The second-order valence-electron chi connectivity index (χ2n) is 7.61. The number of nitrogens with zero attached hydrogens (tertiary/aromatic N) is 4. The fourth-order valence-corrected chi connectivity index (χ4v) is 3.54. The highest BCUT2D eigenvalue weighted by atomic mass is 19.1. The Hall–Kier alpha value is -3.55. The predicted octanol–water partition coefficient (Wildman–Crippen LogP) is 3.58. The van der Waals surface area contributed by atoms with Gasteiger partial charge in [-0.05, 0) is 55.8 Å². The lowest BCUT2D eigenvalue weighted by molar-refractivity contribution is 0.129. The number of carbonyl (C=O) groups excluding carboxylic acids is 1. The Balaban J connectivity index is 1.40. The van der Waals surface area contributed by atoms with Gasteiger partial charge in [0.1, 0.15) is 11.6 Å². The van der Waals surface area contributed by atoms with Gasteiger partial charge in [0, 0.05) is 42.9 Å². The summed E-state index contributed by atoms with van der Waals surface area (Å²) in [5.74, 6) is 1.12. The van der Waals surface area contributed by atoms with E-state index in [1.807, 2.05) is 19.9 Å². The molecule has 1 aliphatic rings. The molecule has 3 N–H and O–H groups in total. The molecule has 0 atom stereocenters. The van der Waals surface area contributed by atoms with E-state index in [2.05, 4.69) is 20.3 Å². The molecule has 0 unspecified atom stereocenters. The predicted molar refractivity (Wildman–Crippen MR) is 113 cm³/mol. The molecule has 1 saturated heterocycles. The van der Waals surface area contributed by atoms with Crippen LogP contribution in [0.2, 0.25) is 0 Å². The summed E-state index contributed by atoms with van der Waals surface area (Å²) in [6, 6.07) is 9.57. The van der Waals surface area contributed by atoms with Gasteiger partial charge in [0.25, 0.3) is 0 Å². The Labute approximate surface area is 174 Å². The maximum absolute atomic E-state index is 13.4. The Bertz CT molecular complexity index is 1100. The normalized spacial score (nSPS) is 13.8. The van der Waals surface area contributed by atoms with E-state index in [9.17, 15) is 9.18 Å². The number of nitrogens with two attached hydrogens (primary N) is 1. The van der Waals surface area contributed by atoms with Gasteiger partial charge in [-0.15, -0.1) is 0 Å². The van der Waals surface area contributed by atoms with Gasteiger partial charge in [-0.1, -0.05) is 0 Å². The number of amides is 2. The molecule has 0 bridgehead atoms. The minimum absolute atomic E-state index is 0.247. The molecule has 0 aliphatic carbocycles. The molecule has 0 radical (unpaired) electrons. The average Bonchev–Trinajstić information content (AvgIpc) is 2.66. The van der Waals surface area contributed by atoms with E-state index >= 15 is 0 Å². The number of anilines is 2. The van der Waals surface area contributed by atoms with Gasteiger partial charge in [-0.3, -0.25) is 5.32 Å². The van der Waals surface area contributed by atoms with Crippen molar-refractivity contribution in [3.8, 4) is 11.3 Å². The van der Waals surface area contributed by atoms with Crippen molar-refractivity contribution in [1.82, 2.24) is 19.9 Å². The van der Waals surface area contributed by atoms with Crippen molar-refractivity contribution in [3.63, 3.8) is 0 Å². The molecule has 2 aromatic heterocycles. The zero-order chi connectivity index (χ0) is 21.3. The van der Waals surface area contributed by atoms with Crippen LogP contribution in [0.3, 0.4) is 0 Å². The van der Waals surface area contributed by atoms with Crippen molar-refractivity contribution in [2.24, 2.45) is 5.92 Å². The summed E-state index contributed by atoms with van der Waals surface area (Å²) in [5.41, 5.74) is 9.48. The topological polar surface area (TPSA) is 97.0 Å². The average molecular weight is 406 g/mol. The van der Waals surface area contributed by atoms with Crippen molar-refractivity contribution < 1.29 is 9.18 Å². The Morgan fingerprint density at radius 1 is 1.20 bits per heavy atom. The molecule has 0 spiro atoms. The van der Waals surface area contributed by atoms with Crippen LogP contribution in [0.1, 0.15) is 17.1 Å².